The van der Waals surface area contributed by atoms with E-state index in [9.17, 15) is 4.79 Å². The lowest BCUT2D eigenvalue weighted by Crippen LogP contribution is -2.48. The highest BCUT2D eigenvalue weighted by Crippen LogP contribution is 2.29. The standard InChI is InChI=1S/C18H26N2O/c1-13(2)12-20(15-8-4-5-9-15)18(21)17-11-14-7-3-6-10-16(14)19-17/h3,6-7,10,13,15,17,19H,4-5,8-9,11-12H2,1-2H3/t17-/m0/s1. The van der Waals surface area contributed by atoms with E-state index in [-0.39, 0.29) is 6.04 Å². The van der Waals surface area contributed by atoms with Gasteiger partial charge in [0, 0.05) is 24.7 Å². The third kappa shape index (κ3) is 3.07. The molecule has 1 N–H and O–H groups in total. The smallest absolute Gasteiger partial charge is 0.245 e. The number of hydrogen-bond acceptors (Lipinski definition) is 2. The fraction of sp³-hybridized carbons (Fsp3) is 0.611. The molecule has 0 saturated heterocycles. The van der Waals surface area contributed by atoms with E-state index in [0.29, 0.717) is 17.9 Å². The lowest BCUT2D eigenvalue weighted by Gasteiger charge is -2.33. The fourth-order valence-corrected chi connectivity index (χ4v) is 3.68. The van der Waals surface area contributed by atoms with Gasteiger partial charge in [-0.05, 0) is 30.4 Å². The van der Waals surface area contributed by atoms with Crippen LogP contribution in [0.4, 0.5) is 5.69 Å². The van der Waals surface area contributed by atoms with Crippen LogP contribution in [0.3, 0.4) is 0 Å². The average molecular weight is 286 g/mol. The van der Waals surface area contributed by atoms with Gasteiger partial charge in [0.25, 0.3) is 0 Å². The lowest BCUT2D eigenvalue weighted by atomic mass is 10.1. The van der Waals surface area contributed by atoms with Crippen molar-refractivity contribution in [3.63, 3.8) is 0 Å². The van der Waals surface area contributed by atoms with Gasteiger partial charge in [-0.3, -0.25) is 4.79 Å². The maximum Gasteiger partial charge on any atom is 0.245 e. The first-order chi connectivity index (χ1) is 10.1. The predicted octanol–water partition coefficient (Wildman–Crippen LogP) is 3.45. The van der Waals surface area contributed by atoms with Crippen LogP contribution in [0.15, 0.2) is 24.3 Å². The van der Waals surface area contributed by atoms with E-state index < -0.39 is 0 Å². The summed E-state index contributed by atoms with van der Waals surface area (Å²) in [5.74, 6) is 0.824. The Morgan fingerprint density at radius 3 is 2.67 bits per heavy atom. The second-order valence-electron chi connectivity index (χ2n) is 6.88. The number of anilines is 1. The molecule has 0 radical (unpaired) electrons. The zero-order chi connectivity index (χ0) is 14.8. The van der Waals surface area contributed by atoms with Crippen molar-refractivity contribution in [3.05, 3.63) is 29.8 Å². The minimum Gasteiger partial charge on any atom is -0.373 e. The Balaban J connectivity index is 1.72. The fourth-order valence-electron chi connectivity index (χ4n) is 3.68. The molecule has 1 aromatic rings. The Bertz CT molecular complexity index is 481. The number of benzene rings is 1. The van der Waals surface area contributed by atoms with E-state index in [4.69, 9.17) is 0 Å². The van der Waals surface area contributed by atoms with Gasteiger partial charge in [-0.25, -0.2) is 0 Å². The summed E-state index contributed by atoms with van der Waals surface area (Å²) >= 11 is 0. The SMILES string of the molecule is CC(C)CN(C(=O)[C@@H]1Cc2ccccc2N1)C1CCCC1. The summed E-state index contributed by atoms with van der Waals surface area (Å²) in [6.45, 7) is 5.29. The van der Waals surface area contributed by atoms with Crippen LogP contribution >= 0.6 is 0 Å². The van der Waals surface area contributed by atoms with Crippen LogP contribution in [-0.4, -0.2) is 29.4 Å². The molecular weight excluding hydrogens is 260 g/mol. The average Bonchev–Trinajstić information content (AvgIpc) is 3.12. The van der Waals surface area contributed by atoms with Crippen LogP contribution in [0, 0.1) is 5.92 Å². The molecule has 3 heteroatoms. The summed E-state index contributed by atoms with van der Waals surface area (Å²) in [5, 5.41) is 3.42. The van der Waals surface area contributed by atoms with Crippen molar-refractivity contribution in [3.8, 4) is 0 Å². The molecule has 0 spiro atoms. The van der Waals surface area contributed by atoms with Crippen molar-refractivity contribution >= 4 is 11.6 Å². The van der Waals surface area contributed by atoms with Gasteiger partial charge in [0.05, 0.1) is 0 Å². The van der Waals surface area contributed by atoms with Crippen LogP contribution in [0.5, 0.6) is 0 Å². The summed E-state index contributed by atoms with van der Waals surface area (Å²) in [6.07, 6.45) is 5.72. The van der Waals surface area contributed by atoms with Gasteiger partial charge in [0.2, 0.25) is 5.91 Å². The summed E-state index contributed by atoms with van der Waals surface area (Å²) in [6, 6.07) is 8.67. The van der Waals surface area contributed by atoms with E-state index in [1.807, 2.05) is 6.07 Å². The number of fused-ring (bicyclic) bond motifs is 1. The van der Waals surface area contributed by atoms with Crippen molar-refractivity contribution in [2.24, 2.45) is 5.92 Å². The molecule has 114 valence electrons. The van der Waals surface area contributed by atoms with Crippen molar-refractivity contribution < 1.29 is 4.79 Å². The van der Waals surface area contributed by atoms with E-state index in [1.165, 1.54) is 31.2 Å². The minimum atomic E-state index is -0.0678. The van der Waals surface area contributed by atoms with Gasteiger partial charge < -0.3 is 10.2 Å². The Morgan fingerprint density at radius 2 is 2.00 bits per heavy atom. The Kier molecular flexibility index (Phi) is 4.18. The largest absolute Gasteiger partial charge is 0.373 e. The molecule has 0 bridgehead atoms. The number of para-hydroxylation sites is 1. The summed E-state index contributed by atoms with van der Waals surface area (Å²) < 4.78 is 0. The van der Waals surface area contributed by atoms with E-state index in [2.05, 4.69) is 42.3 Å². The number of carbonyl (C=O) groups excluding carboxylic acids is 1. The Hall–Kier alpha value is -1.51. The molecule has 1 aliphatic carbocycles. The van der Waals surface area contributed by atoms with E-state index >= 15 is 0 Å². The highest BCUT2D eigenvalue weighted by Gasteiger charge is 2.34. The zero-order valence-electron chi connectivity index (χ0n) is 13.1. The summed E-state index contributed by atoms with van der Waals surface area (Å²) in [4.78, 5) is 15.2. The van der Waals surface area contributed by atoms with Crippen molar-refractivity contribution in [1.82, 2.24) is 4.90 Å². The molecule has 21 heavy (non-hydrogen) atoms. The van der Waals surface area contributed by atoms with Gasteiger partial charge in [0.15, 0.2) is 0 Å². The minimum absolute atomic E-state index is 0.0678. The Labute approximate surface area is 127 Å². The van der Waals surface area contributed by atoms with Gasteiger partial charge in [-0.1, -0.05) is 44.9 Å². The molecule has 1 saturated carbocycles. The van der Waals surface area contributed by atoms with Crippen LogP contribution in [-0.2, 0) is 11.2 Å². The first kappa shape index (κ1) is 14.4. The molecular formula is C18H26N2O. The third-order valence-corrected chi connectivity index (χ3v) is 4.68. The molecule has 0 unspecified atom stereocenters. The highest BCUT2D eigenvalue weighted by atomic mass is 16.2. The maximum atomic E-state index is 13.0. The Morgan fingerprint density at radius 1 is 1.29 bits per heavy atom. The second-order valence-corrected chi connectivity index (χ2v) is 6.88. The maximum absolute atomic E-state index is 13.0. The van der Waals surface area contributed by atoms with Crippen LogP contribution in [0.2, 0.25) is 0 Å². The molecule has 3 nitrogen and oxygen atoms in total. The molecule has 1 aliphatic heterocycles. The predicted molar refractivity (Wildman–Crippen MR) is 86.4 cm³/mol. The molecule has 3 rings (SSSR count). The van der Waals surface area contributed by atoms with Gasteiger partial charge in [-0.2, -0.15) is 0 Å². The normalized spacial score (nSPS) is 21.4. The molecule has 1 fully saturated rings. The molecule has 0 aromatic heterocycles. The first-order valence-corrected chi connectivity index (χ1v) is 8.30. The number of nitrogens with zero attached hydrogens (tertiary/aromatic N) is 1. The van der Waals surface area contributed by atoms with Crippen LogP contribution < -0.4 is 5.32 Å². The first-order valence-electron chi connectivity index (χ1n) is 8.30. The quantitative estimate of drug-likeness (QED) is 0.919. The van der Waals surface area contributed by atoms with Gasteiger partial charge in [-0.15, -0.1) is 0 Å². The molecule has 1 heterocycles. The van der Waals surface area contributed by atoms with E-state index in [0.717, 1.165) is 18.7 Å². The second kappa shape index (κ2) is 6.08. The van der Waals surface area contributed by atoms with Crippen LogP contribution in [0.1, 0.15) is 45.1 Å². The number of nitrogens with one attached hydrogen (secondary N) is 1. The number of rotatable bonds is 4. The van der Waals surface area contributed by atoms with E-state index in [1.54, 1.807) is 0 Å². The molecule has 2 aliphatic rings. The molecule has 1 amide bonds. The lowest BCUT2D eigenvalue weighted by molar-refractivity contribution is -0.134. The number of hydrogen-bond donors (Lipinski definition) is 1. The molecule has 1 atom stereocenters. The summed E-state index contributed by atoms with van der Waals surface area (Å²) in [5.41, 5.74) is 2.40. The van der Waals surface area contributed by atoms with Crippen molar-refractivity contribution in [1.29, 1.82) is 0 Å². The number of carbonyl (C=O) groups is 1. The zero-order valence-corrected chi connectivity index (χ0v) is 13.1. The third-order valence-electron chi connectivity index (χ3n) is 4.68. The van der Waals surface area contributed by atoms with Gasteiger partial charge >= 0.3 is 0 Å². The number of amides is 1. The van der Waals surface area contributed by atoms with Crippen molar-refractivity contribution in [2.75, 3.05) is 11.9 Å². The van der Waals surface area contributed by atoms with Gasteiger partial charge in [0.1, 0.15) is 6.04 Å². The monoisotopic (exact) mass is 286 g/mol. The van der Waals surface area contributed by atoms with Crippen molar-refractivity contribution in [2.45, 2.75) is 58.0 Å². The topological polar surface area (TPSA) is 32.3 Å². The summed E-state index contributed by atoms with van der Waals surface area (Å²) in [7, 11) is 0. The van der Waals surface area contributed by atoms with Crippen LogP contribution in [0.25, 0.3) is 0 Å². The highest BCUT2D eigenvalue weighted by molar-refractivity contribution is 5.87. The molecule has 1 aromatic carbocycles.